The quantitative estimate of drug-likeness (QED) is 0.446. The lowest BCUT2D eigenvalue weighted by Crippen LogP contribution is -2.09. The highest BCUT2D eigenvalue weighted by atomic mass is 35.5. The van der Waals surface area contributed by atoms with Gasteiger partial charge in [0.2, 0.25) is 5.88 Å². The van der Waals surface area contributed by atoms with E-state index in [1.54, 1.807) is 42.9 Å². The number of ether oxygens (including phenoxy) is 2. The predicted octanol–water partition coefficient (Wildman–Crippen LogP) is 4.78. The molecular weight excluding hydrogens is 392 g/mol. The van der Waals surface area contributed by atoms with Crippen molar-refractivity contribution in [1.82, 2.24) is 9.78 Å². The van der Waals surface area contributed by atoms with Gasteiger partial charge in [0.25, 0.3) is 0 Å². The molecular formula is C22H21ClN2O4. The van der Waals surface area contributed by atoms with E-state index >= 15 is 0 Å². The maximum Gasteiger partial charge on any atom is 0.339 e. The van der Waals surface area contributed by atoms with Crippen LogP contribution in [0.4, 0.5) is 0 Å². The van der Waals surface area contributed by atoms with E-state index in [0.717, 1.165) is 16.8 Å². The molecule has 0 saturated carbocycles. The summed E-state index contributed by atoms with van der Waals surface area (Å²) in [7, 11) is 3.24. The number of rotatable bonds is 7. The summed E-state index contributed by atoms with van der Waals surface area (Å²) < 4.78 is 12.8. The Hall–Kier alpha value is -3.25. The molecule has 2 aromatic carbocycles. The highest BCUT2D eigenvalue weighted by molar-refractivity contribution is 6.30. The van der Waals surface area contributed by atoms with Crippen molar-refractivity contribution >= 4 is 23.1 Å². The number of halogens is 1. The zero-order valence-corrected chi connectivity index (χ0v) is 17.1. The normalized spacial score (nSPS) is 11.7. The molecule has 1 aromatic heterocycles. The summed E-state index contributed by atoms with van der Waals surface area (Å²) in [6, 6.07) is 16.4. The molecule has 7 heteroatoms. The van der Waals surface area contributed by atoms with Gasteiger partial charge in [-0.25, -0.2) is 9.48 Å². The summed E-state index contributed by atoms with van der Waals surface area (Å²) in [4.78, 5) is 11.8. The number of nitrogens with zero attached hydrogens (tertiary/aromatic N) is 2. The molecule has 1 N–H and O–H groups in total. The maximum absolute atomic E-state index is 11.8. The minimum absolute atomic E-state index is 0.110. The van der Waals surface area contributed by atoms with Gasteiger partial charge in [0.15, 0.2) is 0 Å². The molecule has 0 aliphatic heterocycles. The molecule has 3 aromatic rings. The minimum atomic E-state index is -1.05. The van der Waals surface area contributed by atoms with Crippen molar-refractivity contribution in [3.05, 3.63) is 76.5 Å². The molecule has 0 unspecified atom stereocenters. The van der Waals surface area contributed by atoms with Gasteiger partial charge in [0, 0.05) is 23.7 Å². The van der Waals surface area contributed by atoms with Crippen LogP contribution in [0.25, 0.3) is 16.8 Å². The van der Waals surface area contributed by atoms with Crippen LogP contribution in [-0.4, -0.2) is 28.0 Å². The lowest BCUT2D eigenvalue weighted by molar-refractivity contribution is -0.130. The van der Waals surface area contributed by atoms with Crippen molar-refractivity contribution in [1.29, 1.82) is 0 Å². The third-order valence-corrected chi connectivity index (χ3v) is 4.76. The van der Waals surface area contributed by atoms with Crippen LogP contribution in [0, 0.1) is 0 Å². The van der Waals surface area contributed by atoms with E-state index in [4.69, 9.17) is 21.1 Å². The number of allylic oxidation sites excluding steroid dienone is 1. The second kappa shape index (κ2) is 8.84. The Morgan fingerprint density at radius 3 is 2.52 bits per heavy atom. The number of hydrogen-bond donors (Lipinski definition) is 1. The molecule has 0 aliphatic carbocycles. The molecule has 0 aliphatic rings. The Balaban J connectivity index is 1.86. The van der Waals surface area contributed by atoms with Crippen LogP contribution < -0.4 is 4.74 Å². The minimum Gasteiger partial charge on any atom is -0.500 e. The largest absolute Gasteiger partial charge is 0.500 e. The lowest BCUT2D eigenvalue weighted by atomic mass is 9.99. The van der Waals surface area contributed by atoms with Crippen LogP contribution in [0.3, 0.4) is 0 Å². The van der Waals surface area contributed by atoms with Crippen LogP contribution in [0.5, 0.6) is 5.88 Å². The van der Waals surface area contributed by atoms with Gasteiger partial charge >= 0.3 is 5.97 Å². The lowest BCUT2D eigenvalue weighted by Gasteiger charge is -2.13. The van der Waals surface area contributed by atoms with Crippen molar-refractivity contribution in [2.45, 2.75) is 13.5 Å². The zero-order chi connectivity index (χ0) is 21.0. The summed E-state index contributed by atoms with van der Waals surface area (Å²) in [6.07, 6.45) is 0. The topological polar surface area (TPSA) is 73.6 Å². The van der Waals surface area contributed by atoms with E-state index < -0.39 is 5.97 Å². The van der Waals surface area contributed by atoms with Crippen LogP contribution in [0.1, 0.15) is 18.1 Å². The summed E-state index contributed by atoms with van der Waals surface area (Å²) in [5.41, 5.74) is 3.08. The van der Waals surface area contributed by atoms with E-state index in [2.05, 4.69) is 5.10 Å². The molecule has 0 fully saturated rings. The van der Waals surface area contributed by atoms with Crippen LogP contribution in [0.15, 0.2) is 60.4 Å². The Labute approximate surface area is 174 Å². The number of carbonyl (C=O) groups is 1. The fraction of sp³-hybridized carbons (Fsp3) is 0.182. The van der Waals surface area contributed by atoms with E-state index in [-0.39, 0.29) is 12.2 Å². The van der Waals surface area contributed by atoms with E-state index in [0.29, 0.717) is 22.2 Å². The van der Waals surface area contributed by atoms with Gasteiger partial charge in [-0.3, -0.25) is 0 Å². The second-order valence-electron chi connectivity index (χ2n) is 6.38. The first-order chi connectivity index (χ1) is 13.9. The number of carboxylic acid groups (broad SMARTS) is 1. The number of carboxylic acids is 1. The zero-order valence-electron chi connectivity index (χ0n) is 16.3. The van der Waals surface area contributed by atoms with E-state index in [1.807, 2.05) is 30.3 Å². The number of methoxy groups -OCH3 is 1. The molecule has 0 spiro atoms. The molecule has 0 atom stereocenters. The Bertz CT molecular complexity index is 1050. The van der Waals surface area contributed by atoms with Crippen LogP contribution in [0.2, 0.25) is 5.02 Å². The summed E-state index contributed by atoms with van der Waals surface area (Å²) >= 11 is 5.94. The first-order valence-electron chi connectivity index (χ1n) is 8.90. The number of benzene rings is 2. The molecule has 150 valence electrons. The fourth-order valence-corrected chi connectivity index (χ4v) is 3.07. The monoisotopic (exact) mass is 412 g/mol. The molecule has 0 amide bonds. The number of hydrogen-bond acceptors (Lipinski definition) is 4. The van der Waals surface area contributed by atoms with E-state index in [1.165, 1.54) is 7.11 Å². The highest BCUT2D eigenvalue weighted by Crippen LogP contribution is 2.27. The van der Waals surface area contributed by atoms with Crippen molar-refractivity contribution < 1.29 is 19.4 Å². The van der Waals surface area contributed by atoms with Crippen molar-refractivity contribution in [3.8, 4) is 17.1 Å². The first kappa shape index (κ1) is 20.5. The number of aromatic nitrogens is 2. The fourth-order valence-electron chi connectivity index (χ4n) is 2.95. The molecule has 6 nitrogen and oxygen atoms in total. The molecule has 1 heterocycles. The molecule has 0 saturated heterocycles. The third kappa shape index (κ3) is 4.60. The Morgan fingerprint density at radius 2 is 1.86 bits per heavy atom. The summed E-state index contributed by atoms with van der Waals surface area (Å²) in [5, 5.41) is 14.8. The van der Waals surface area contributed by atoms with Crippen molar-refractivity contribution in [3.63, 3.8) is 0 Å². The average molecular weight is 413 g/mol. The van der Waals surface area contributed by atoms with Crippen molar-refractivity contribution in [2.75, 3.05) is 7.11 Å². The smallest absolute Gasteiger partial charge is 0.339 e. The molecule has 3 rings (SSSR count). The summed E-state index contributed by atoms with van der Waals surface area (Å²) in [5.74, 6) is -0.160. The second-order valence-corrected chi connectivity index (χ2v) is 6.82. The molecule has 29 heavy (non-hydrogen) atoms. The predicted molar refractivity (Wildman–Crippen MR) is 112 cm³/mol. The van der Waals surface area contributed by atoms with Gasteiger partial charge in [-0.15, -0.1) is 0 Å². The average Bonchev–Trinajstić information content (AvgIpc) is 3.08. The maximum atomic E-state index is 11.8. The van der Waals surface area contributed by atoms with Gasteiger partial charge in [0.05, 0.1) is 12.8 Å². The molecule has 0 bridgehead atoms. The van der Waals surface area contributed by atoms with Gasteiger partial charge in [0.1, 0.15) is 17.9 Å². The number of aryl methyl sites for hydroxylation is 1. The van der Waals surface area contributed by atoms with Crippen LogP contribution >= 0.6 is 11.6 Å². The Morgan fingerprint density at radius 1 is 1.17 bits per heavy atom. The van der Waals surface area contributed by atoms with Crippen molar-refractivity contribution in [2.24, 2.45) is 7.05 Å². The Kier molecular flexibility index (Phi) is 6.24. The standard InChI is InChI=1S/C22H21ClN2O4/c1-14(28-3)21(22(26)27)18-7-5-4-6-16(18)13-29-20-12-19(24-25(20)2)15-8-10-17(23)11-9-15/h4-12H,13H2,1-3H3,(H,26,27)/b21-14+. The molecule has 0 radical (unpaired) electrons. The van der Waals surface area contributed by atoms with Crippen LogP contribution in [-0.2, 0) is 23.2 Å². The summed E-state index contributed by atoms with van der Waals surface area (Å²) in [6.45, 7) is 1.81. The third-order valence-electron chi connectivity index (χ3n) is 4.51. The van der Waals surface area contributed by atoms with Gasteiger partial charge in [-0.05, 0) is 30.2 Å². The van der Waals surface area contributed by atoms with Gasteiger partial charge in [-0.1, -0.05) is 48.0 Å². The number of aliphatic carboxylic acids is 1. The SMILES string of the molecule is CO/C(C)=C(/C(=O)O)c1ccccc1COc1cc(-c2ccc(Cl)cc2)nn1C. The van der Waals surface area contributed by atoms with E-state index in [9.17, 15) is 9.90 Å². The first-order valence-corrected chi connectivity index (χ1v) is 9.27. The highest BCUT2D eigenvalue weighted by Gasteiger charge is 2.19. The van der Waals surface area contributed by atoms with Gasteiger partial charge in [-0.2, -0.15) is 5.10 Å². The van der Waals surface area contributed by atoms with Gasteiger partial charge < -0.3 is 14.6 Å².